The van der Waals surface area contributed by atoms with Crippen LogP contribution in [-0.2, 0) is 26.5 Å². The third kappa shape index (κ3) is 8.89. The molecule has 0 aliphatic heterocycles. The summed E-state index contributed by atoms with van der Waals surface area (Å²) in [4.78, 5) is 13.1. The van der Waals surface area contributed by atoms with Crippen molar-refractivity contribution in [3.8, 4) is 44.9 Å². The Labute approximate surface area is 287 Å². The molecule has 4 heteroatoms. The monoisotopic (exact) mass is 760 g/mol. The number of rotatable bonds is 5. The quantitative estimate of drug-likeness (QED) is 0.164. The van der Waals surface area contributed by atoms with Gasteiger partial charge >= 0.3 is 0 Å². The van der Waals surface area contributed by atoms with E-state index in [1.807, 2.05) is 99.6 Å². The van der Waals surface area contributed by atoms with E-state index in [1.165, 1.54) is 18.3 Å². The molecule has 0 atom stereocenters. The van der Waals surface area contributed by atoms with Gasteiger partial charge in [-0.25, -0.2) is 0 Å². The predicted octanol–water partition coefficient (Wildman–Crippen LogP) is 10.0. The van der Waals surface area contributed by atoms with E-state index >= 15 is 0 Å². The van der Waals surface area contributed by atoms with Gasteiger partial charge < -0.3 is 9.97 Å². The second-order valence-corrected chi connectivity index (χ2v) is 11.0. The smallest absolute Gasteiger partial charge is 0.0695 e. The maximum absolute atomic E-state index is 8.35. The van der Waals surface area contributed by atoms with Gasteiger partial charge in [0.2, 0.25) is 0 Å². The van der Waals surface area contributed by atoms with E-state index in [-0.39, 0.29) is 31.2 Å². The Bertz CT molecular complexity index is 2060. The molecule has 0 aliphatic carbocycles. The van der Waals surface area contributed by atoms with Gasteiger partial charge in [0.1, 0.15) is 0 Å². The maximum atomic E-state index is 8.35. The van der Waals surface area contributed by atoms with Crippen LogP contribution in [0.5, 0.6) is 0 Å². The minimum absolute atomic E-state index is 0. The fourth-order valence-corrected chi connectivity index (χ4v) is 4.41. The van der Waals surface area contributed by atoms with Crippen molar-refractivity contribution in [3.05, 3.63) is 151 Å². The summed E-state index contributed by atoms with van der Waals surface area (Å²) in [5.74, 6) is 0. The van der Waals surface area contributed by atoms with Crippen LogP contribution in [0.2, 0.25) is 0 Å². The average molecular weight is 760 g/mol. The van der Waals surface area contributed by atoms with Crippen LogP contribution in [0.3, 0.4) is 0 Å². The van der Waals surface area contributed by atoms with Crippen molar-refractivity contribution in [3.63, 3.8) is 0 Å². The fourth-order valence-electron chi connectivity index (χ4n) is 4.41. The van der Waals surface area contributed by atoms with Crippen molar-refractivity contribution in [2.45, 2.75) is 40.8 Å². The molecule has 0 N–H and O–H groups in total. The number of hydrogen-bond donors (Lipinski definition) is 0. The summed E-state index contributed by atoms with van der Waals surface area (Å²) >= 11 is 0. The molecule has 0 fully saturated rings. The Hall–Kier alpha value is -4.24. The largest absolute Gasteiger partial charge is 0.305 e. The predicted molar refractivity (Wildman–Crippen MR) is 178 cm³/mol. The third-order valence-electron chi connectivity index (χ3n) is 6.40. The Morgan fingerprint density at radius 1 is 0.705 bits per heavy atom. The number of aromatic nitrogens is 3. The SMILES string of the molecule is [2H]C([2H])([2H])c1ccc(-c2[c-]cc(C([2H])([2H])[2H])c(-c3ccccc3)c2)nc1.[2H]C([2H])(c1ccc(-c2ccnc(-c3[c-]cccc3)c2)nc1)C(C)(C)C.[Ir]. The van der Waals surface area contributed by atoms with Crippen LogP contribution in [-0.4, -0.2) is 15.0 Å². The van der Waals surface area contributed by atoms with E-state index in [0.717, 1.165) is 28.1 Å². The molecule has 6 rings (SSSR count). The second-order valence-electron chi connectivity index (χ2n) is 11.0. The molecule has 0 bridgehead atoms. The minimum Gasteiger partial charge on any atom is -0.305 e. The van der Waals surface area contributed by atoms with Crippen molar-refractivity contribution in [2.24, 2.45) is 5.41 Å². The minimum atomic E-state index is -2.27. The van der Waals surface area contributed by atoms with Crippen molar-refractivity contribution < 1.29 is 31.1 Å². The first-order valence-corrected chi connectivity index (χ1v) is 13.9. The number of hydrogen-bond acceptors (Lipinski definition) is 3. The van der Waals surface area contributed by atoms with E-state index in [9.17, 15) is 0 Å². The van der Waals surface area contributed by atoms with Gasteiger partial charge in [0.25, 0.3) is 0 Å². The van der Waals surface area contributed by atoms with Crippen LogP contribution < -0.4 is 0 Å². The molecule has 3 aromatic carbocycles. The molecule has 0 saturated heterocycles. The molecule has 0 aliphatic rings. The maximum Gasteiger partial charge on any atom is 0.0695 e. The van der Waals surface area contributed by atoms with E-state index in [1.54, 1.807) is 24.5 Å². The molecular weight excluding hydrogens is 715 g/mol. The molecule has 3 nitrogen and oxygen atoms in total. The Morgan fingerprint density at radius 2 is 1.50 bits per heavy atom. The van der Waals surface area contributed by atoms with E-state index in [4.69, 9.17) is 11.0 Å². The van der Waals surface area contributed by atoms with Crippen molar-refractivity contribution >= 4 is 0 Å². The molecule has 3 aromatic heterocycles. The van der Waals surface area contributed by atoms with Crippen molar-refractivity contribution in [2.75, 3.05) is 0 Å². The molecule has 0 spiro atoms. The van der Waals surface area contributed by atoms with Gasteiger partial charge in [-0.15, -0.1) is 65.2 Å². The molecule has 223 valence electrons. The van der Waals surface area contributed by atoms with E-state index < -0.39 is 25.5 Å². The standard InChI is InChI=1S/C21H21N2.C19H16N.Ir/c1-21(2,3)14-16-9-10-19(23-15-16)18-11-12-22-20(13-18)17-7-5-4-6-8-17;1-14-8-11-19(20-13-14)17-10-9-15(2)18(12-17)16-6-4-3-5-7-16;/h4-7,9-13,15H,14H2,1-3H3;3-9,11-13H,1-2H3;/q2*-1;/i14D2;1D3,2D3;. The summed E-state index contributed by atoms with van der Waals surface area (Å²) < 4.78 is 62.3. The summed E-state index contributed by atoms with van der Waals surface area (Å²) in [6.45, 7) is 1.21. The molecule has 0 unspecified atom stereocenters. The fraction of sp³-hybridized carbons (Fsp3) is 0.175. The molecule has 3 heterocycles. The molecule has 44 heavy (non-hydrogen) atoms. The zero-order valence-electron chi connectivity index (χ0n) is 32.7. The molecule has 0 amide bonds. The zero-order chi connectivity index (χ0) is 37.0. The summed E-state index contributed by atoms with van der Waals surface area (Å²) in [5, 5.41) is 0. The Morgan fingerprint density at radius 3 is 2.16 bits per heavy atom. The topological polar surface area (TPSA) is 38.7 Å². The molecule has 0 saturated carbocycles. The summed E-state index contributed by atoms with van der Waals surface area (Å²) in [6.07, 6.45) is 3.27. The third-order valence-corrected chi connectivity index (χ3v) is 6.40. The van der Waals surface area contributed by atoms with Gasteiger partial charge in [0.05, 0.1) is 5.69 Å². The van der Waals surface area contributed by atoms with Crippen LogP contribution in [0.15, 0.2) is 122 Å². The summed E-state index contributed by atoms with van der Waals surface area (Å²) in [5.41, 5.74) is 6.50. The first kappa shape index (κ1) is 23.2. The van der Waals surface area contributed by atoms with E-state index in [0.29, 0.717) is 22.4 Å². The molecule has 1 radical (unpaired) electrons. The van der Waals surface area contributed by atoms with Gasteiger partial charge in [0, 0.05) is 49.7 Å². The molecule has 6 aromatic rings. The normalized spacial score (nSPS) is 14.3. The number of benzene rings is 3. The van der Waals surface area contributed by atoms with Crippen LogP contribution >= 0.6 is 0 Å². The van der Waals surface area contributed by atoms with Gasteiger partial charge in [-0.2, -0.15) is 0 Å². The van der Waals surface area contributed by atoms with Gasteiger partial charge in [-0.1, -0.05) is 87.8 Å². The first-order chi connectivity index (χ1) is 23.9. The van der Waals surface area contributed by atoms with Crippen LogP contribution in [0.4, 0.5) is 0 Å². The number of pyridine rings is 3. The van der Waals surface area contributed by atoms with Crippen LogP contribution in [0.1, 0.15) is 48.4 Å². The van der Waals surface area contributed by atoms with Crippen LogP contribution in [0, 0.1) is 31.3 Å². The number of nitrogens with zero attached hydrogens (tertiary/aromatic N) is 3. The van der Waals surface area contributed by atoms with Crippen molar-refractivity contribution in [1.29, 1.82) is 0 Å². The Kier molecular flexibility index (Phi) is 7.89. The summed E-state index contributed by atoms with van der Waals surface area (Å²) in [7, 11) is 0. The number of aryl methyl sites for hydroxylation is 2. The zero-order valence-corrected chi connectivity index (χ0v) is 27.1. The van der Waals surface area contributed by atoms with Crippen LogP contribution in [0.25, 0.3) is 44.9 Å². The van der Waals surface area contributed by atoms with Gasteiger partial charge in [-0.05, 0) is 64.4 Å². The Balaban J connectivity index is 0.000000228. The summed E-state index contributed by atoms with van der Waals surface area (Å²) in [6, 6.07) is 37.0. The molecular formula is C40H37IrN3-2. The van der Waals surface area contributed by atoms with Gasteiger partial charge in [0.15, 0.2) is 0 Å². The van der Waals surface area contributed by atoms with Gasteiger partial charge in [-0.3, -0.25) is 4.98 Å². The second kappa shape index (κ2) is 15.0. The first-order valence-electron chi connectivity index (χ1n) is 17.9. The average Bonchev–Trinajstić information content (AvgIpc) is 3.11. The van der Waals surface area contributed by atoms with Crippen molar-refractivity contribution in [1.82, 2.24) is 15.0 Å². The van der Waals surface area contributed by atoms with E-state index in [2.05, 4.69) is 27.1 Å².